The number of aryl methyl sites for hydroxylation is 1. The smallest absolute Gasteiger partial charge is 0.260 e. The molecule has 1 saturated heterocycles. The van der Waals surface area contributed by atoms with E-state index in [1.165, 1.54) is 23.1 Å². The van der Waals surface area contributed by atoms with Gasteiger partial charge in [-0.15, -0.1) is 0 Å². The Morgan fingerprint density at radius 2 is 1.91 bits per heavy atom. The molecule has 0 atom stereocenters. The summed E-state index contributed by atoms with van der Waals surface area (Å²) in [6, 6.07) is 10.1. The van der Waals surface area contributed by atoms with Gasteiger partial charge in [-0.25, -0.2) is 4.98 Å². The lowest BCUT2D eigenvalue weighted by atomic mass is 9.96. The van der Waals surface area contributed by atoms with Crippen LogP contribution in [0.15, 0.2) is 48.9 Å². The Balaban J connectivity index is 1.16. The van der Waals surface area contributed by atoms with Gasteiger partial charge in [0.15, 0.2) is 6.61 Å². The van der Waals surface area contributed by atoms with Crippen molar-refractivity contribution < 1.29 is 9.53 Å². The number of benzene rings is 1. The molecule has 0 N–H and O–H groups in total. The fraction of sp³-hybridized carbons (Fsp3) is 0.423. The molecule has 3 heterocycles. The molecule has 6 nitrogen and oxygen atoms in total. The SMILES string of the molecule is Cc1ccc(OCC(=O)N2CCC(c3nccn3Cc3ccccn3)CC2)c2c1CCC2. The molecule has 0 unspecified atom stereocenters. The summed E-state index contributed by atoms with van der Waals surface area (Å²) < 4.78 is 8.17. The van der Waals surface area contributed by atoms with Crippen molar-refractivity contribution in [1.29, 1.82) is 0 Å². The van der Waals surface area contributed by atoms with E-state index in [1.54, 1.807) is 0 Å². The van der Waals surface area contributed by atoms with E-state index in [1.807, 2.05) is 47.8 Å². The van der Waals surface area contributed by atoms with Crippen LogP contribution in [0.5, 0.6) is 5.75 Å². The molecule has 2 aromatic heterocycles. The van der Waals surface area contributed by atoms with Gasteiger partial charge in [-0.2, -0.15) is 0 Å². The molecule has 0 saturated carbocycles. The van der Waals surface area contributed by atoms with E-state index in [0.29, 0.717) is 5.92 Å². The fourth-order valence-electron chi connectivity index (χ4n) is 5.09. The standard InChI is InChI=1S/C26H30N4O2/c1-19-8-9-24(23-7-4-6-22(19)23)32-18-25(31)29-14-10-20(11-15-29)26-28-13-16-30(26)17-21-5-2-3-12-27-21/h2-3,5,8-9,12-13,16,20H,4,6-7,10-11,14-15,17-18H2,1H3. The highest BCUT2D eigenvalue weighted by Crippen LogP contribution is 2.33. The van der Waals surface area contributed by atoms with Crippen molar-refractivity contribution in [3.05, 3.63) is 77.1 Å². The van der Waals surface area contributed by atoms with Crippen LogP contribution >= 0.6 is 0 Å². The molecule has 5 rings (SSSR count). The summed E-state index contributed by atoms with van der Waals surface area (Å²) in [6.45, 7) is 4.49. The molecule has 2 aliphatic rings. The number of carbonyl (C=O) groups is 1. The highest BCUT2D eigenvalue weighted by molar-refractivity contribution is 5.78. The van der Waals surface area contributed by atoms with Gasteiger partial charge in [-0.1, -0.05) is 12.1 Å². The summed E-state index contributed by atoms with van der Waals surface area (Å²) in [5.41, 5.74) is 5.08. The number of hydrogen-bond acceptors (Lipinski definition) is 4. The minimum atomic E-state index is 0.0765. The van der Waals surface area contributed by atoms with E-state index in [2.05, 4.69) is 27.5 Å². The van der Waals surface area contributed by atoms with Gasteiger partial charge in [0.1, 0.15) is 11.6 Å². The van der Waals surface area contributed by atoms with Gasteiger partial charge in [-0.05, 0) is 73.9 Å². The molecule has 6 heteroatoms. The summed E-state index contributed by atoms with van der Waals surface area (Å²) in [7, 11) is 0. The van der Waals surface area contributed by atoms with Gasteiger partial charge in [0.05, 0.1) is 12.2 Å². The van der Waals surface area contributed by atoms with Crippen LogP contribution in [-0.2, 0) is 24.2 Å². The van der Waals surface area contributed by atoms with Crippen LogP contribution in [0.25, 0.3) is 0 Å². The van der Waals surface area contributed by atoms with E-state index in [4.69, 9.17) is 4.74 Å². The number of fused-ring (bicyclic) bond motifs is 1. The summed E-state index contributed by atoms with van der Waals surface area (Å²) >= 11 is 0. The summed E-state index contributed by atoms with van der Waals surface area (Å²) in [4.78, 5) is 23.8. The molecule has 1 aliphatic carbocycles. The fourth-order valence-corrected chi connectivity index (χ4v) is 5.09. The molecule has 1 amide bonds. The highest BCUT2D eigenvalue weighted by Gasteiger charge is 2.27. The molecule has 0 spiro atoms. The second kappa shape index (κ2) is 9.15. The molecule has 32 heavy (non-hydrogen) atoms. The zero-order chi connectivity index (χ0) is 21.9. The minimum Gasteiger partial charge on any atom is -0.483 e. The lowest BCUT2D eigenvalue weighted by Gasteiger charge is -2.32. The van der Waals surface area contributed by atoms with Crippen LogP contribution in [0.3, 0.4) is 0 Å². The largest absolute Gasteiger partial charge is 0.483 e. The first kappa shape index (κ1) is 20.7. The second-order valence-corrected chi connectivity index (χ2v) is 8.87. The average Bonchev–Trinajstić information content (AvgIpc) is 3.50. The number of amides is 1. The van der Waals surface area contributed by atoms with Gasteiger partial charge in [0.2, 0.25) is 0 Å². The monoisotopic (exact) mass is 430 g/mol. The van der Waals surface area contributed by atoms with Gasteiger partial charge < -0.3 is 14.2 Å². The number of likely N-dealkylation sites (tertiary alicyclic amines) is 1. The van der Waals surface area contributed by atoms with Crippen LogP contribution in [-0.4, -0.2) is 45.0 Å². The molecule has 1 fully saturated rings. The third-order valence-corrected chi connectivity index (χ3v) is 6.85. The Hall–Kier alpha value is -3.15. The van der Waals surface area contributed by atoms with Crippen molar-refractivity contribution in [3.8, 4) is 5.75 Å². The normalized spacial score (nSPS) is 16.2. The molecule has 166 valence electrons. The Morgan fingerprint density at radius 1 is 1.06 bits per heavy atom. The summed E-state index contributed by atoms with van der Waals surface area (Å²) in [5, 5.41) is 0. The van der Waals surface area contributed by atoms with Crippen molar-refractivity contribution in [3.63, 3.8) is 0 Å². The van der Waals surface area contributed by atoms with Crippen LogP contribution < -0.4 is 4.74 Å². The Bertz CT molecular complexity index is 1080. The first-order valence-electron chi connectivity index (χ1n) is 11.6. The third-order valence-electron chi connectivity index (χ3n) is 6.85. The predicted octanol–water partition coefficient (Wildman–Crippen LogP) is 3.91. The quantitative estimate of drug-likeness (QED) is 0.595. The number of imidazole rings is 1. The number of rotatable bonds is 6. The number of nitrogens with zero attached hydrogens (tertiary/aromatic N) is 4. The van der Waals surface area contributed by atoms with E-state index in [9.17, 15) is 4.79 Å². The minimum absolute atomic E-state index is 0.0765. The number of piperidine rings is 1. The molecule has 3 aromatic rings. The van der Waals surface area contributed by atoms with Gasteiger partial charge >= 0.3 is 0 Å². The van der Waals surface area contributed by atoms with Gasteiger partial charge in [-0.3, -0.25) is 9.78 Å². The third kappa shape index (κ3) is 4.27. The number of carbonyl (C=O) groups excluding carboxylic acids is 1. The molecule has 0 radical (unpaired) electrons. The zero-order valence-corrected chi connectivity index (χ0v) is 18.7. The average molecular weight is 431 g/mol. The molecular weight excluding hydrogens is 400 g/mol. The van der Waals surface area contributed by atoms with Crippen LogP contribution in [0, 0.1) is 6.92 Å². The van der Waals surface area contributed by atoms with Crippen molar-refractivity contribution in [2.75, 3.05) is 19.7 Å². The maximum absolute atomic E-state index is 12.8. The van der Waals surface area contributed by atoms with Crippen molar-refractivity contribution in [1.82, 2.24) is 19.4 Å². The molecular formula is C26H30N4O2. The van der Waals surface area contributed by atoms with Gasteiger partial charge in [0.25, 0.3) is 5.91 Å². The number of ether oxygens (including phenoxy) is 1. The maximum atomic E-state index is 12.8. The van der Waals surface area contributed by atoms with Gasteiger partial charge in [0, 0.05) is 37.6 Å². The first-order valence-corrected chi connectivity index (χ1v) is 11.6. The van der Waals surface area contributed by atoms with Crippen molar-refractivity contribution >= 4 is 5.91 Å². The summed E-state index contributed by atoms with van der Waals surface area (Å²) in [6.07, 6.45) is 10.9. The lowest BCUT2D eigenvalue weighted by molar-refractivity contribution is -0.134. The zero-order valence-electron chi connectivity index (χ0n) is 18.7. The van der Waals surface area contributed by atoms with E-state index in [-0.39, 0.29) is 12.5 Å². The van der Waals surface area contributed by atoms with Crippen LogP contribution in [0.1, 0.15) is 53.4 Å². The topological polar surface area (TPSA) is 60.2 Å². The lowest BCUT2D eigenvalue weighted by Crippen LogP contribution is -2.41. The second-order valence-electron chi connectivity index (χ2n) is 8.87. The number of hydrogen-bond donors (Lipinski definition) is 0. The van der Waals surface area contributed by atoms with Crippen LogP contribution in [0.2, 0.25) is 0 Å². The number of pyridine rings is 1. The Morgan fingerprint density at radius 3 is 2.72 bits per heavy atom. The predicted molar refractivity (Wildman–Crippen MR) is 123 cm³/mol. The Kier molecular flexibility index (Phi) is 5.93. The highest BCUT2D eigenvalue weighted by atomic mass is 16.5. The molecule has 1 aliphatic heterocycles. The van der Waals surface area contributed by atoms with E-state index >= 15 is 0 Å². The molecule has 0 bridgehead atoms. The van der Waals surface area contributed by atoms with Crippen molar-refractivity contribution in [2.45, 2.75) is 51.5 Å². The van der Waals surface area contributed by atoms with Crippen molar-refractivity contribution in [2.24, 2.45) is 0 Å². The first-order chi connectivity index (χ1) is 15.7. The molecule has 1 aromatic carbocycles. The Labute approximate surface area is 189 Å². The van der Waals surface area contributed by atoms with E-state index in [0.717, 1.165) is 62.6 Å². The van der Waals surface area contributed by atoms with E-state index < -0.39 is 0 Å². The van der Waals surface area contributed by atoms with Crippen LogP contribution in [0.4, 0.5) is 0 Å². The maximum Gasteiger partial charge on any atom is 0.260 e. The number of aromatic nitrogens is 3. The summed E-state index contributed by atoms with van der Waals surface area (Å²) in [5.74, 6) is 2.42.